The van der Waals surface area contributed by atoms with Crippen LogP contribution >= 0.6 is 0 Å². The van der Waals surface area contributed by atoms with Crippen molar-refractivity contribution >= 4 is 5.97 Å². The maximum Gasteiger partial charge on any atom is 0.325 e. The van der Waals surface area contributed by atoms with Crippen molar-refractivity contribution in [3.05, 3.63) is 0 Å². The van der Waals surface area contributed by atoms with Crippen LogP contribution in [0.1, 0.15) is 34.1 Å². The number of aliphatic hydroxyl groups excluding tert-OH is 1. The quantitative estimate of drug-likeness (QED) is 0.562. The molecule has 0 spiro atoms. The molecule has 6 heteroatoms. The Labute approximate surface area is 95.8 Å². The molecule has 0 fully saturated rings. The molecule has 5 N–H and O–H groups in total. The Bertz CT molecular complexity index is 241. The van der Waals surface area contributed by atoms with E-state index in [4.69, 9.17) is 11.8 Å². The van der Waals surface area contributed by atoms with Crippen LogP contribution in [0, 0.1) is 10.8 Å². The Morgan fingerprint density at radius 3 is 2.12 bits per heavy atom. The van der Waals surface area contributed by atoms with Crippen LogP contribution in [0.15, 0.2) is 0 Å². The number of hydrogen-bond donors (Lipinski definition) is 3. The zero-order valence-electron chi connectivity index (χ0n) is 10.3. The van der Waals surface area contributed by atoms with Gasteiger partial charge < -0.3 is 14.8 Å². The van der Waals surface area contributed by atoms with E-state index in [9.17, 15) is 9.90 Å². The molecule has 0 aromatic rings. The van der Waals surface area contributed by atoms with Crippen molar-refractivity contribution in [3.63, 3.8) is 0 Å². The minimum atomic E-state index is -0.775. The Kier molecular flexibility index (Phi) is 5.34. The molecule has 96 valence electrons. The molecule has 0 saturated heterocycles. The normalized spacial score (nSPS) is 14.7. The van der Waals surface area contributed by atoms with Crippen LogP contribution in [0.2, 0.25) is 0 Å². The van der Waals surface area contributed by atoms with E-state index in [1.54, 1.807) is 27.7 Å². The van der Waals surface area contributed by atoms with Crippen LogP contribution < -0.4 is 11.8 Å². The van der Waals surface area contributed by atoms with Gasteiger partial charge in [-0.1, -0.05) is 27.7 Å². The molecular formula is C10H22N2O4. The highest BCUT2D eigenvalue weighted by Crippen LogP contribution is 2.36. The monoisotopic (exact) mass is 234 g/mol. The number of nitrogens with two attached hydrogens (primary N) is 2. The van der Waals surface area contributed by atoms with Gasteiger partial charge in [0.05, 0.1) is 19.1 Å². The molecule has 0 rings (SSSR count). The van der Waals surface area contributed by atoms with Crippen molar-refractivity contribution in [1.29, 1.82) is 0 Å². The summed E-state index contributed by atoms with van der Waals surface area (Å²) < 4.78 is 0. The highest BCUT2D eigenvalue weighted by molar-refractivity contribution is 5.69. The van der Waals surface area contributed by atoms with Crippen molar-refractivity contribution in [1.82, 2.24) is 0 Å². The van der Waals surface area contributed by atoms with Gasteiger partial charge in [-0.25, -0.2) is 5.90 Å². The third kappa shape index (κ3) is 4.05. The summed E-state index contributed by atoms with van der Waals surface area (Å²) in [4.78, 5) is 19.8. The zero-order valence-corrected chi connectivity index (χ0v) is 10.3. The molecule has 0 aromatic carbocycles. The summed E-state index contributed by atoms with van der Waals surface area (Å²) in [5.74, 6) is 9.21. The number of aliphatic hydroxyl groups is 1. The smallest absolute Gasteiger partial charge is 0.325 e. The highest BCUT2D eigenvalue weighted by Gasteiger charge is 2.41. The summed E-state index contributed by atoms with van der Waals surface area (Å²) >= 11 is 0. The molecule has 0 aliphatic heterocycles. The number of carbonyl (C=O) groups excluding carboxylic acids is 1. The van der Waals surface area contributed by atoms with Crippen molar-refractivity contribution in [2.45, 2.75) is 40.2 Å². The number of hydrogen-bond acceptors (Lipinski definition) is 6. The maximum atomic E-state index is 11.1. The minimum absolute atomic E-state index is 0.0265. The summed E-state index contributed by atoms with van der Waals surface area (Å²) in [5, 5.41) is 10.2. The molecule has 0 saturated carbocycles. The van der Waals surface area contributed by atoms with E-state index in [2.05, 4.69) is 9.68 Å². The average Bonchev–Trinajstić information content (AvgIpc) is 2.15. The predicted octanol–water partition coefficient (Wildman–Crippen LogP) is 0.0970. The molecule has 1 atom stereocenters. The molecule has 0 amide bonds. The van der Waals surface area contributed by atoms with Gasteiger partial charge in [0.2, 0.25) is 0 Å². The highest BCUT2D eigenvalue weighted by atomic mass is 16.7. The Hall–Kier alpha value is -0.690. The minimum Gasteiger partial charge on any atom is -0.392 e. The van der Waals surface area contributed by atoms with E-state index in [0.717, 1.165) is 0 Å². The van der Waals surface area contributed by atoms with E-state index in [1.807, 2.05) is 0 Å². The zero-order chi connectivity index (χ0) is 13.0. The summed E-state index contributed by atoms with van der Waals surface area (Å²) in [7, 11) is 0. The van der Waals surface area contributed by atoms with Gasteiger partial charge in [0.1, 0.15) is 0 Å². The van der Waals surface area contributed by atoms with Gasteiger partial charge in [-0.2, -0.15) is 5.90 Å². The molecular weight excluding hydrogens is 212 g/mol. The second kappa shape index (κ2) is 5.58. The molecule has 0 aliphatic carbocycles. The average molecular weight is 234 g/mol. The van der Waals surface area contributed by atoms with Gasteiger partial charge in [-0.3, -0.25) is 4.79 Å². The first-order valence-electron chi connectivity index (χ1n) is 5.06. The fourth-order valence-electron chi connectivity index (χ4n) is 1.86. The molecule has 1 unspecified atom stereocenters. The topological polar surface area (TPSA) is 108 Å². The lowest BCUT2D eigenvalue weighted by Crippen LogP contribution is -2.45. The number of carbonyl (C=O) groups is 1. The lowest BCUT2D eigenvalue weighted by Gasteiger charge is -2.39. The van der Waals surface area contributed by atoms with Crippen LogP contribution in [0.4, 0.5) is 0 Å². The van der Waals surface area contributed by atoms with Crippen LogP contribution in [0.3, 0.4) is 0 Å². The molecule has 0 aromatic heterocycles. The fraction of sp³-hybridized carbons (Fsp3) is 0.900. The molecule has 0 bridgehead atoms. The molecule has 0 aliphatic rings. The Morgan fingerprint density at radius 2 is 1.75 bits per heavy atom. The van der Waals surface area contributed by atoms with Crippen LogP contribution in [0.25, 0.3) is 0 Å². The Balaban J connectivity index is 4.67. The first-order valence-corrected chi connectivity index (χ1v) is 5.06. The van der Waals surface area contributed by atoms with Crippen molar-refractivity contribution < 1.29 is 19.6 Å². The molecule has 6 nitrogen and oxygen atoms in total. The van der Waals surface area contributed by atoms with Crippen LogP contribution in [-0.4, -0.2) is 23.8 Å². The lowest BCUT2D eigenvalue weighted by molar-refractivity contribution is -0.152. The summed E-state index contributed by atoms with van der Waals surface area (Å²) in [6.07, 6.45) is -0.749. The third-order valence-corrected chi connectivity index (χ3v) is 2.67. The molecule has 0 radical (unpaired) electrons. The lowest BCUT2D eigenvalue weighted by atomic mass is 9.71. The summed E-state index contributed by atoms with van der Waals surface area (Å²) in [6.45, 7) is 7.31. The van der Waals surface area contributed by atoms with E-state index in [0.29, 0.717) is 0 Å². The number of rotatable bonds is 6. The third-order valence-electron chi connectivity index (χ3n) is 2.67. The largest absolute Gasteiger partial charge is 0.392 e. The second-order valence-electron chi connectivity index (χ2n) is 5.36. The van der Waals surface area contributed by atoms with Gasteiger partial charge in [0.25, 0.3) is 0 Å². The van der Waals surface area contributed by atoms with E-state index >= 15 is 0 Å². The van der Waals surface area contributed by atoms with Gasteiger partial charge in [-0.15, -0.1) is 0 Å². The van der Waals surface area contributed by atoms with E-state index in [-0.39, 0.29) is 13.0 Å². The van der Waals surface area contributed by atoms with Gasteiger partial charge in [0, 0.05) is 10.8 Å². The summed E-state index contributed by atoms with van der Waals surface area (Å²) in [5.41, 5.74) is -1.23. The van der Waals surface area contributed by atoms with E-state index in [1.165, 1.54) is 0 Å². The van der Waals surface area contributed by atoms with Crippen LogP contribution in [-0.2, 0) is 14.5 Å². The van der Waals surface area contributed by atoms with Crippen molar-refractivity contribution in [2.24, 2.45) is 22.6 Å². The van der Waals surface area contributed by atoms with E-state index < -0.39 is 22.9 Å². The van der Waals surface area contributed by atoms with Crippen molar-refractivity contribution in [2.75, 3.05) is 6.61 Å². The molecule has 0 heterocycles. The first kappa shape index (κ1) is 15.3. The standard InChI is InChI=1S/C10H22N2O4/c1-9(2,5-7(13)16-12)8(14)10(3,4)6-15-11/h8,14H,5-6,11-12H2,1-4H3. The second-order valence-corrected chi connectivity index (χ2v) is 5.36. The summed E-state index contributed by atoms with van der Waals surface area (Å²) in [6, 6.07) is 0. The fourth-order valence-corrected chi connectivity index (χ4v) is 1.86. The van der Waals surface area contributed by atoms with Gasteiger partial charge in [0.15, 0.2) is 0 Å². The maximum absolute atomic E-state index is 11.1. The van der Waals surface area contributed by atoms with Gasteiger partial charge in [-0.05, 0) is 0 Å². The predicted molar refractivity (Wildman–Crippen MR) is 58.6 cm³/mol. The first-order chi connectivity index (χ1) is 7.17. The SMILES string of the molecule is CC(C)(CON)C(O)C(C)(C)CC(=O)ON. The van der Waals surface area contributed by atoms with Crippen molar-refractivity contribution in [3.8, 4) is 0 Å². The van der Waals surface area contributed by atoms with Gasteiger partial charge >= 0.3 is 5.97 Å². The van der Waals surface area contributed by atoms with Crippen LogP contribution in [0.5, 0.6) is 0 Å². The molecule has 16 heavy (non-hydrogen) atoms. The Morgan fingerprint density at radius 1 is 1.25 bits per heavy atom.